The fraction of sp³-hybridized carbons (Fsp3) is 0.227. The maximum Gasteiger partial charge on any atom is 0.307 e. The van der Waals surface area contributed by atoms with Crippen LogP contribution in [-0.2, 0) is 33.9 Å². The summed E-state index contributed by atoms with van der Waals surface area (Å²) in [6.45, 7) is 0. The minimum absolute atomic E-state index is 0.0590. The second kappa shape index (κ2) is 8.16. The minimum atomic E-state index is -3.45. The monoisotopic (exact) mass is 442 g/mol. The van der Waals surface area contributed by atoms with Crippen molar-refractivity contribution < 1.29 is 18.3 Å². The van der Waals surface area contributed by atoms with Crippen LogP contribution < -0.4 is 0 Å². The topological polar surface area (TPSA) is 97.2 Å². The van der Waals surface area contributed by atoms with Crippen LogP contribution in [0.25, 0.3) is 11.4 Å². The van der Waals surface area contributed by atoms with E-state index in [1.165, 1.54) is 0 Å². The Labute approximate surface area is 179 Å². The molecule has 1 aliphatic heterocycles. The van der Waals surface area contributed by atoms with Crippen LogP contribution in [0.2, 0.25) is 5.02 Å². The molecule has 1 aromatic heterocycles. The Kier molecular flexibility index (Phi) is 5.58. The molecule has 0 aliphatic carbocycles. The van der Waals surface area contributed by atoms with Crippen LogP contribution in [0.3, 0.4) is 0 Å². The molecule has 154 valence electrons. The van der Waals surface area contributed by atoms with Crippen LogP contribution in [-0.4, -0.2) is 35.2 Å². The van der Waals surface area contributed by atoms with Crippen molar-refractivity contribution in [3.8, 4) is 11.4 Å². The van der Waals surface area contributed by atoms with Crippen molar-refractivity contribution in [3.63, 3.8) is 0 Å². The first-order valence-electron chi connectivity index (χ1n) is 9.50. The Hall–Kier alpha value is -2.77. The Morgan fingerprint density at radius 2 is 1.80 bits per heavy atom. The van der Waals surface area contributed by atoms with Gasteiger partial charge in [0.15, 0.2) is 15.7 Å². The van der Waals surface area contributed by atoms with Gasteiger partial charge in [-0.25, -0.2) is 18.4 Å². The molecule has 1 aliphatic rings. The first kappa shape index (κ1) is 20.5. The number of halogens is 1. The van der Waals surface area contributed by atoms with E-state index >= 15 is 0 Å². The van der Waals surface area contributed by atoms with E-state index in [-0.39, 0.29) is 17.1 Å². The minimum Gasteiger partial charge on any atom is -0.481 e. The summed E-state index contributed by atoms with van der Waals surface area (Å²) in [7, 11) is -3.45. The van der Waals surface area contributed by atoms with E-state index < -0.39 is 15.8 Å². The number of benzene rings is 2. The Balaban J connectivity index is 1.79. The summed E-state index contributed by atoms with van der Waals surface area (Å²) < 4.78 is 25.6. The number of nitrogens with zero attached hydrogens (tertiary/aromatic N) is 2. The SMILES string of the molecule is O=C(O)Cc1ccc(Cc2nc(-c3cccc(Cl)c3)nc3c2S(=O)(=O)CCC3)cc1. The van der Waals surface area contributed by atoms with Crippen molar-refractivity contribution in [1.82, 2.24) is 9.97 Å². The molecule has 0 bridgehead atoms. The summed E-state index contributed by atoms with van der Waals surface area (Å²) in [4.78, 5) is 20.3. The smallest absolute Gasteiger partial charge is 0.307 e. The number of hydrogen-bond acceptors (Lipinski definition) is 5. The zero-order valence-corrected chi connectivity index (χ0v) is 17.6. The van der Waals surface area contributed by atoms with Crippen molar-refractivity contribution in [2.75, 3.05) is 5.75 Å². The summed E-state index contributed by atoms with van der Waals surface area (Å²) in [5.41, 5.74) is 3.27. The highest BCUT2D eigenvalue weighted by molar-refractivity contribution is 7.91. The third-order valence-corrected chi connectivity index (χ3v) is 7.13. The summed E-state index contributed by atoms with van der Waals surface area (Å²) >= 11 is 6.11. The molecule has 0 unspecified atom stereocenters. The van der Waals surface area contributed by atoms with Crippen molar-refractivity contribution in [1.29, 1.82) is 0 Å². The lowest BCUT2D eigenvalue weighted by molar-refractivity contribution is -0.136. The van der Waals surface area contributed by atoms with Gasteiger partial charge in [-0.2, -0.15) is 0 Å². The second-order valence-electron chi connectivity index (χ2n) is 7.27. The van der Waals surface area contributed by atoms with Crippen LogP contribution in [0.5, 0.6) is 0 Å². The van der Waals surface area contributed by atoms with Gasteiger partial charge in [-0.1, -0.05) is 48.0 Å². The molecule has 0 spiro atoms. The van der Waals surface area contributed by atoms with Crippen LogP contribution in [0, 0.1) is 0 Å². The van der Waals surface area contributed by atoms with E-state index in [9.17, 15) is 13.2 Å². The molecule has 1 N–H and O–H groups in total. The highest BCUT2D eigenvalue weighted by atomic mass is 35.5. The predicted molar refractivity (Wildman–Crippen MR) is 113 cm³/mol. The molecule has 30 heavy (non-hydrogen) atoms. The summed E-state index contributed by atoms with van der Waals surface area (Å²) in [6, 6.07) is 14.3. The molecule has 8 heteroatoms. The van der Waals surface area contributed by atoms with Crippen LogP contribution in [0.15, 0.2) is 53.4 Å². The number of sulfone groups is 1. The summed E-state index contributed by atoms with van der Waals surface area (Å²) in [5, 5.41) is 9.48. The van der Waals surface area contributed by atoms with Gasteiger partial charge in [-0.15, -0.1) is 0 Å². The highest BCUT2D eigenvalue weighted by Gasteiger charge is 2.30. The van der Waals surface area contributed by atoms with Crippen molar-refractivity contribution in [2.45, 2.75) is 30.6 Å². The average Bonchev–Trinajstić information content (AvgIpc) is 2.68. The number of carbonyl (C=O) groups is 1. The van der Waals surface area contributed by atoms with Crippen LogP contribution >= 0.6 is 11.6 Å². The van der Waals surface area contributed by atoms with E-state index in [1.54, 1.807) is 42.5 Å². The number of aryl methyl sites for hydroxylation is 1. The van der Waals surface area contributed by atoms with Gasteiger partial charge >= 0.3 is 5.97 Å². The van der Waals surface area contributed by atoms with Crippen LogP contribution in [0.4, 0.5) is 0 Å². The summed E-state index contributed by atoms with van der Waals surface area (Å²) in [6.07, 6.45) is 1.36. The number of aromatic nitrogens is 2. The molecule has 2 aromatic carbocycles. The number of aliphatic carboxylic acids is 1. The Morgan fingerprint density at radius 1 is 1.07 bits per heavy atom. The number of rotatable bonds is 5. The van der Waals surface area contributed by atoms with Gasteiger partial charge in [0.25, 0.3) is 0 Å². The number of fused-ring (bicyclic) bond motifs is 1. The third-order valence-electron chi connectivity index (χ3n) is 4.98. The lowest BCUT2D eigenvalue weighted by Gasteiger charge is -2.19. The molecule has 0 saturated heterocycles. The highest BCUT2D eigenvalue weighted by Crippen LogP contribution is 2.31. The van der Waals surface area contributed by atoms with Crippen molar-refractivity contribution in [3.05, 3.63) is 76.1 Å². The molecule has 2 heterocycles. The van der Waals surface area contributed by atoms with E-state index in [0.717, 1.165) is 11.1 Å². The molecule has 0 radical (unpaired) electrons. The number of carboxylic acids is 1. The first-order chi connectivity index (χ1) is 14.3. The molecular formula is C22H19ClN2O4S. The molecular weight excluding hydrogens is 424 g/mol. The maximum atomic E-state index is 12.8. The van der Waals surface area contributed by atoms with Gasteiger partial charge in [0, 0.05) is 17.0 Å². The molecule has 3 aromatic rings. The normalized spacial score (nSPS) is 14.8. The standard InChI is InChI=1S/C22H19ClN2O4S/c23-17-4-1-3-16(13-17)22-24-18-5-2-10-30(28,29)21(18)19(25-22)11-14-6-8-15(9-7-14)12-20(26)27/h1,3-4,6-9,13H,2,5,10-12H2,(H,26,27). The van der Waals surface area contributed by atoms with Gasteiger partial charge in [-0.3, -0.25) is 4.79 Å². The molecule has 4 rings (SSSR count). The Bertz CT molecular complexity index is 1220. The molecule has 6 nitrogen and oxygen atoms in total. The van der Waals surface area contributed by atoms with E-state index in [1.807, 2.05) is 6.07 Å². The van der Waals surface area contributed by atoms with Gasteiger partial charge < -0.3 is 5.11 Å². The summed E-state index contributed by atoms with van der Waals surface area (Å²) in [5.74, 6) is -0.361. The van der Waals surface area contributed by atoms with Gasteiger partial charge in [0.1, 0.15) is 4.90 Å². The van der Waals surface area contributed by atoms with Gasteiger partial charge in [0.2, 0.25) is 0 Å². The maximum absolute atomic E-state index is 12.8. The van der Waals surface area contributed by atoms with Crippen molar-refractivity contribution >= 4 is 27.4 Å². The molecule has 0 saturated carbocycles. The number of carboxylic acid groups (broad SMARTS) is 1. The fourth-order valence-electron chi connectivity index (χ4n) is 3.63. The van der Waals surface area contributed by atoms with Gasteiger partial charge in [0.05, 0.1) is 23.6 Å². The van der Waals surface area contributed by atoms with E-state index in [4.69, 9.17) is 16.7 Å². The predicted octanol–water partition coefficient (Wildman–Crippen LogP) is 3.73. The molecule has 0 atom stereocenters. The van der Waals surface area contributed by atoms with E-state index in [0.29, 0.717) is 47.1 Å². The molecule has 0 fully saturated rings. The van der Waals surface area contributed by atoms with Crippen molar-refractivity contribution in [2.24, 2.45) is 0 Å². The molecule has 0 amide bonds. The average molecular weight is 443 g/mol. The lowest BCUT2D eigenvalue weighted by atomic mass is 10.0. The first-order valence-corrected chi connectivity index (χ1v) is 11.5. The zero-order valence-electron chi connectivity index (χ0n) is 16.0. The van der Waals surface area contributed by atoms with E-state index in [2.05, 4.69) is 9.97 Å². The zero-order chi connectivity index (χ0) is 21.3. The number of hydrogen-bond donors (Lipinski definition) is 1. The quantitative estimate of drug-likeness (QED) is 0.646. The largest absolute Gasteiger partial charge is 0.481 e. The Morgan fingerprint density at radius 3 is 2.50 bits per heavy atom. The third kappa shape index (κ3) is 4.37. The fourth-order valence-corrected chi connectivity index (χ4v) is 5.53. The second-order valence-corrected chi connectivity index (χ2v) is 9.75. The van der Waals surface area contributed by atoms with Crippen LogP contribution in [0.1, 0.15) is 28.9 Å². The van der Waals surface area contributed by atoms with Gasteiger partial charge in [-0.05, 0) is 36.1 Å². The lowest BCUT2D eigenvalue weighted by Crippen LogP contribution is -2.21.